The van der Waals surface area contributed by atoms with Gasteiger partial charge in [-0.15, -0.1) is 21.5 Å². The van der Waals surface area contributed by atoms with E-state index in [1.165, 1.54) is 15.9 Å². The molecule has 0 amide bonds. The van der Waals surface area contributed by atoms with Gasteiger partial charge in [-0.1, -0.05) is 25.5 Å². The fourth-order valence-corrected chi connectivity index (χ4v) is 4.36. The Morgan fingerprint density at radius 3 is 2.82 bits per heavy atom. The molecule has 0 aliphatic rings. The Bertz CT molecular complexity index is 1410. The van der Waals surface area contributed by atoms with Crippen molar-refractivity contribution in [2.24, 2.45) is 0 Å². The van der Waals surface area contributed by atoms with Gasteiger partial charge in [0.1, 0.15) is 5.82 Å². The number of unbranched alkanes of at least 4 members (excludes halogenated alkanes) is 1. The summed E-state index contributed by atoms with van der Waals surface area (Å²) in [6, 6.07) is 8.78. The third kappa shape index (κ3) is 4.75. The Hall–Kier alpha value is -3.84. The third-order valence-electron chi connectivity index (χ3n) is 5.49. The molecule has 0 bridgehead atoms. The fraction of sp³-hybridized carbons (Fsp3) is 0.333. The molecule has 0 spiro atoms. The maximum Gasteiger partial charge on any atom is 0.270 e. The second kappa shape index (κ2) is 9.97. The minimum absolute atomic E-state index is 0.0919. The van der Waals surface area contributed by atoms with E-state index in [2.05, 4.69) is 26.2 Å². The second-order valence-electron chi connectivity index (χ2n) is 7.95. The number of aromatic nitrogens is 5. The highest BCUT2D eigenvalue weighted by Crippen LogP contribution is 2.27. The summed E-state index contributed by atoms with van der Waals surface area (Å²) in [6.45, 7) is 5.81. The Balaban J connectivity index is 1.78. The lowest BCUT2D eigenvalue weighted by atomic mass is 10.0. The molecule has 3 aromatic heterocycles. The van der Waals surface area contributed by atoms with Crippen molar-refractivity contribution < 1.29 is 9.52 Å². The molecule has 0 aliphatic carbocycles. The lowest BCUT2D eigenvalue weighted by Crippen LogP contribution is -2.30. The van der Waals surface area contributed by atoms with Crippen LogP contribution < -0.4 is 5.56 Å². The molecule has 4 aromatic rings. The number of benzene rings is 1. The zero-order valence-corrected chi connectivity index (χ0v) is 20.0. The molecule has 0 saturated heterocycles. The zero-order valence-electron chi connectivity index (χ0n) is 19.1. The molecular formula is C24H24N6O3S. The fourth-order valence-electron chi connectivity index (χ4n) is 3.75. The molecule has 1 atom stereocenters. The van der Waals surface area contributed by atoms with Crippen molar-refractivity contribution in [1.29, 1.82) is 5.26 Å². The van der Waals surface area contributed by atoms with Gasteiger partial charge in [-0.05, 0) is 38.0 Å². The number of nitriles is 1. The smallest absolute Gasteiger partial charge is 0.270 e. The van der Waals surface area contributed by atoms with Crippen molar-refractivity contribution in [2.45, 2.75) is 52.5 Å². The Kier molecular flexibility index (Phi) is 6.84. The van der Waals surface area contributed by atoms with Gasteiger partial charge >= 0.3 is 0 Å². The van der Waals surface area contributed by atoms with Gasteiger partial charge in [0, 0.05) is 11.8 Å². The van der Waals surface area contributed by atoms with Crippen LogP contribution in [0.1, 0.15) is 66.3 Å². The van der Waals surface area contributed by atoms with E-state index < -0.39 is 17.5 Å². The molecule has 9 nitrogen and oxygen atoms in total. The normalized spacial score (nSPS) is 11.9. The number of aryl methyl sites for hydroxylation is 2. The number of nitrogens with zero attached hydrogens (tertiary/aromatic N) is 6. The first-order valence-electron chi connectivity index (χ1n) is 11.0. The number of hydrogen-bond acceptors (Lipinski definition) is 9. The standard InChI is InChI=1S/C24H24N6O3S/c1-4-5-9-19-27-22(31)21(23-29-28-20(33-23)11-18-13-34-15(3)26-18)24(32)30(19)14(2)17-8-6-7-16(10-17)12-25/h6-8,10,13-14,31H,4-5,9,11H2,1-3H3. The number of thiazole rings is 1. The largest absolute Gasteiger partial charge is 0.493 e. The van der Waals surface area contributed by atoms with Crippen LogP contribution in [-0.4, -0.2) is 29.8 Å². The molecule has 10 heteroatoms. The predicted molar refractivity (Wildman–Crippen MR) is 127 cm³/mol. The molecule has 4 rings (SSSR count). The van der Waals surface area contributed by atoms with Crippen molar-refractivity contribution in [3.63, 3.8) is 0 Å². The Morgan fingerprint density at radius 2 is 2.12 bits per heavy atom. The van der Waals surface area contributed by atoms with Gasteiger partial charge in [0.2, 0.25) is 11.8 Å². The Morgan fingerprint density at radius 1 is 1.29 bits per heavy atom. The summed E-state index contributed by atoms with van der Waals surface area (Å²) in [5.41, 5.74) is 1.45. The summed E-state index contributed by atoms with van der Waals surface area (Å²) in [7, 11) is 0. The van der Waals surface area contributed by atoms with Crippen molar-refractivity contribution in [3.05, 3.63) is 73.5 Å². The van der Waals surface area contributed by atoms with Crippen LogP contribution >= 0.6 is 11.3 Å². The highest BCUT2D eigenvalue weighted by molar-refractivity contribution is 7.09. The van der Waals surface area contributed by atoms with Gasteiger partial charge in [0.25, 0.3) is 11.4 Å². The predicted octanol–water partition coefficient (Wildman–Crippen LogP) is 4.18. The maximum absolute atomic E-state index is 13.7. The topological polar surface area (TPSA) is 131 Å². The summed E-state index contributed by atoms with van der Waals surface area (Å²) < 4.78 is 7.27. The van der Waals surface area contributed by atoms with E-state index in [1.54, 1.807) is 18.2 Å². The summed E-state index contributed by atoms with van der Waals surface area (Å²) in [5, 5.41) is 30.8. The minimum Gasteiger partial charge on any atom is -0.493 e. The average molecular weight is 477 g/mol. The molecular weight excluding hydrogens is 452 g/mol. The van der Waals surface area contributed by atoms with Crippen molar-refractivity contribution >= 4 is 11.3 Å². The molecule has 0 fully saturated rings. The summed E-state index contributed by atoms with van der Waals surface area (Å²) in [4.78, 5) is 22.4. The van der Waals surface area contributed by atoms with Gasteiger partial charge in [-0.3, -0.25) is 9.36 Å². The van der Waals surface area contributed by atoms with Gasteiger partial charge in [-0.25, -0.2) is 4.98 Å². The molecule has 1 unspecified atom stereocenters. The van der Waals surface area contributed by atoms with E-state index in [1.807, 2.05) is 32.2 Å². The Labute approximate surface area is 200 Å². The van der Waals surface area contributed by atoms with Gasteiger partial charge in [0.05, 0.1) is 34.8 Å². The highest BCUT2D eigenvalue weighted by Gasteiger charge is 2.25. The van der Waals surface area contributed by atoms with Crippen LogP contribution in [0.15, 0.2) is 38.9 Å². The van der Waals surface area contributed by atoms with Crippen LogP contribution in [0.25, 0.3) is 11.5 Å². The third-order valence-corrected chi connectivity index (χ3v) is 6.31. The highest BCUT2D eigenvalue weighted by atomic mass is 32.1. The van der Waals surface area contributed by atoms with Crippen LogP contribution in [0.2, 0.25) is 0 Å². The van der Waals surface area contributed by atoms with Crippen LogP contribution in [0, 0.1) is 18.3 Å². The van der Waals surface area contributed by atoms with Gasteiger partial charge in [-0.2, -0.15) is 10.2 Å². The number of hydrogen-bond donors (Lipinski definition) is 1. The van der Waals surface area contributed by atoms with Crippen LogP contribution in [0.5, 0.6) is 5.88 Å². The molecule has 174 valence electrons. The molecule has 0 saturated carbocycles. The minimum atomic E-state index is -0.479. The van der Waals surface area contributed by atoms with Crippen LogP contribution in [0.4, 0.5) is 0 Å². The summed E-state index contributed by atoms with van der Waals surface area (Å²) >= 11 is 1.52. The van der Waals surface area contributed by atoms with Gasteiger partial charge in [0.15, 0.2) is 5.56 Å². The van der Waals surface area contributed by atoms with E-state index in [0.29, 0.717) is 24.2 Å². The molecule has 1 aromatic carbocycles. The number of rotatable bonds is 8. The van der Waals surface area contributed by atoms with Crippen molar-refractivity contribution in [3.8, 4) is 23.4 Å². The summed E-state index contributed by atoms with van der Waals surface area (Å²) in [6.07, 6.45) is 2.54. The lowest BCUT2D eigenvalue weighted by Gasteiger charge is -2.20. The quantitative estimate of drug-likeness (QED) is 0.401. The molecule has 3 heterocycles. The van der Waals surface area contributed by atoms with E-state index in [-0.39, 0.29) is 17.3 Å². The van der Waals surface area contributed by atoms with Crippen LogP contribution in [0.3, 0.4) is 0 Å². The zero-order chi connectivity index (χ0) is 24.2. The van der Waals surface area contributed by atoms with E-state index in [9.17, 15) is 15.2 Å². The molecule has 0 radical (unpaired) electrons. The second-order valence-corrected chi connectivity index (χ2v) is 9.02. The van der Waals surface area contributed by atoms with E-state index in [0.717, 1.165) is 29.1 Å². The van der Waals surface area contributed by atoms with Gasteiger partial charge < -0.3 is 9.52 Å². The maximum atomic E-state index is 13.7. The number of aromatic hydroxyl groups is 1. The first kappa shape index (κ1) is 23.3. The first-order chi connectivity index (χ1) is 16.4. The van der Waals surface area contributed by atoms with E-state index in [4.69, 9.17) is 4.42 Å². The monoisotopic (exact) mass is 476 g/mol. The molecule has 1 N–H and O–H groups in total. The lowest BCUT2D eigenvalue weighted by molar-refractivity contribution is 0.431. The summed E-state index contributed by atoms with van der Waals surface area (Å²) in [5.74, 6) is 0.215. The molecule has 34 heavy (non-hydrogen) atoms. The van der Waals surface area contributed by atoms with Crippen molar-refractivity contribution in [1.82, 2.24) is 24.7 Å². The van der Waals surface area contributed by atoms with Crippen molar-refractivity contribution in [2.75, 3.05) is 0 Å². The SMILES string of the molecule is CCCCc1nc(O)c(-c2nnc(Cc3csc(C)n3)o2)c(=O)n1C(C)c1cccc(C#N)c1. The molecule has 0 aliphatic heterocycles. The average Bonchev–Trinajstić information content (AvgIpc) is 3.46. The first-order valence-corrected chi connectivity index (χ1v) is 11.9. The van der Waals surface area contributed by atoms with E-state index >= 15 is 0 Å². The van der Waals surface area contributed by atoms with Crippen LogP contribution in [-0.2, 0) is 12.8 Å².